The molecule has 1 aliphatic rings. The molecule has 0 saturated heterocycles. The van der Waals surface area contributed by atoms with Crippen molar-refractivity contribution < 1.29 is 4.39 Å². The van der Waals surface area contributed by atoms with Gasteiger partial charge in [0.15, 0.2) is 0 Å². The highest BCUT2D eigenvalue weighted by Gasteiger charge is 2.30. The smallest absolute Gasteiger partial charge is 0.117 e. The van der Waals surface area contributed by atoms with Crippen LogP contribution in [0.5, 0.6) is 0 Å². The normalized spacial score (nSPS) is 25.6. The molecule has 1 fully saturated rings. The number of anilines is 1. The van der Waals surface area contributed by atoms with Crippen LogP contribution in [0.25, 0.3) is 0 Å². The van der Waals surface area contributed by atoms with Gasteiger partial charge in [-0.05, 0) is 31.9 Å². The monoisotopic (exact) mass is 194 g/mol. The van der Waals surface area contributed by atoms with Gasteiger partial charge in [-0.1, -0.05) is 17.7 Å². The first kappa shape index (κ1) is 9.46. The fraction of sp³-hybridized carbons (Fsp3) is 0.455. The van der Waals surface area contributed by atoms with Gasteiger partial charge < -0.3 is 5.43 Å². The number of hydrazine groups is 1. The zero-order valence-electron chi connectivity index (χ0n) is 8.26. The van der Waals surface area contributed by atoms with Crippen LogP contribution in [0.2, 0.25) is 0 Å². The van der Waals surface area contributed by atoms with Crippen LogP contribution in [0.15, 0.2) is 24.3 Å². The van der Waals surface area contributed by atoms with Crippen molar-refractivity contribution in [2.45, 2.75) is 32.0 Å². The molecule has 1 aromatic rings. The fourth-order valence-corrected chi connectivity index (χ4v) is 1.43. The van der Waals surface area contributed by atoms with Gasteiger partial charge in [-0.3, -0.25) is 0 Å². The van der Waals surface area contributed by atoms with E-state index in [1.165, 1.54) is 5.56 Å². The third-order valence-corrected chi connectivity index (χ3v) is 2.64. The summed E-state index contributed by atoms with van der Waals surface area (Å²) in [6, 6.07) is 7.99. The molecule has 0 bridgehead atoms. The Morgan fingerprint density at radius 3 is 2.43 bits per heavy atom. The zero-order valence-corrected chi connectivity index (χ0v) is 8.26. The molecule has 2 N–H and O–H groups in total. The van der Waals surface area contributed by atoms with Crippen molar-refractivity contribution in [3.8, 4) is 0 Å². The molecule has 3 heteroatoms. The summed E-state index contributed by atoms with van der Waals surface area (Å²) in [7, 11) is 0. The van der Waals surface area contributed by atoms with Crippen molar-refractivity contribution in [1.82, 2.24) is 5.43 Å². The van der Waals surface area contributed by atoms with E-state index >= 15 is 0 Å². The summed E-state index contributed by atoms with van der Waals surface area (Å²) in [6.45, 7) is 2.04. The molecule has 0 heterocycles. The van der Waals surface area contributed by atoms with Crippen LogP contribution in [0.3, 0.4) is 0 Å². The van der Waals surface area contributed by atoms with Crippen LogP contribution in [-0.4, -0.2) is 12.2 Å². The molecule has 1 saturated carbocycles. The van der Waals surface area contributed by atoms with Gasteiger partial charge in [-0.15, -0.1) is 0 Å². The van der Waals surface area contributed by atoms with Crippen LogP contribution in [-0.2, 0) is 0 Å². The molecule has 2 atom stereocenters. The van der Waals surface area contributed by atoms with Gasteiger partial charge in [0.25, 0.3) is 0 Å². The predicted octanol–water partition coefficient (Wildman–Crippen LogP) is 2.41. The fourth-order valence-electron chi connectivity index (χ4n) is 1.43. The number of aryl methyl sites for hydroxylation is 1. The molecule has 2 nitrogen and oxygen atoms in total. The van der Waals surface area contributed by atoms with E-state index in [0.717, 1.165) is 12.1 Å². The summed E-state index contributed by atoms with van der Waals surface area (Å²) in [6.07, 6.45) is 0.917. The third-order valence-electron chi connectivity index (χ3n) is 2.64. The van der Waals surface area contributed by atoms with E-state index in [-0.39, 0.29) is 6.04 Å². The maximum Gasteiger partial charge on any atom is 0.117 e. The van der Waals surface area contributed by atoms with Crippen LogP contribution in [0.1, 0.15) is 18.4 Å². The SMILES string of the molecule is Cc1ccc(NNC2CCC2F)cc1. The molecule has 2 rings (SSSR count). The Bertz CT molecular complexity index is 297. The van der Waals surface area contributed by atoms with Gasteiger partial charge in [0.2, 0.25) is 0 Å². The first-order chi connectivity index (χ1) is 6.75. The van der Waals surface area contributed by atoms with Crippen molar-refractivity contribution in [3.05, 3.63) is 29.8 Å². The van der Waals surface area contributed by atoms with Gasteiger partial charge >= 0.3 is 0 Å². The number of rotatable bonds is 3. The molecule has 2 unspecified atom stereocenters. The molecule has 0 radical (unpaired) electrons. The second-order valence-electron chi connectivity index (χ2n) is 3.84. The quantitative estimate of drug-likeness (QED) is 0.722. The number of hydrogen-bond acceptors (Lipinski definition) is 2. The Hall–Kier alpha value is -1.09. The maximum atomic E-state index is 12.8. The Kier molecular flexibility index (Phi) is 2.68. The topological polar surface area (TPSA) is 24.1 Å². The highest BCUT2D eigenvalue weighted by atomic mass is 19.1. The molecule has 0 amide bonds. The standard InChI is InChI=1S/C11H15FN2/c1-8-2-4-9(5-3-8)13-14-11-7-6-10(11)12/h2-5,10-11,13-14H,6-7H2,1H3. The molecule has 0 aliphatic heterocycles. The highest BCUT2D eigenvalue weighted by molar-refractivity contribution is 5.43. The maximum absolute atomic E-state index is 12.8. The Balaban J connectivity index is 1.83. The van der Waals surface area contributed by atoms with Gasteiger partial charge in [0, 0.05) is 5.69 Å². The lowest BCUT2D eigenvalue weighted by Gasteiger charge is -2.31. The minimum absolute atomic E-state index is 0.0173. The molecule has 0 aromatic heterocycles. The first-order valence-corrected chi connectivity index (χ1v) is 4.98. The average molecular weight is 194 g/mol. The summed E-state index contributed by atoms with van der Waals surface area (Å²) < 4.78 is 12.8. The average Bonchev–Trinajstić information content (AvgIpc) is 2.19. The number of halogens is 1. The van der Waals surface area contributed by atoms with Crippen LogP contribution in [0.4, 0.5) is 10.1 Å². The van der Waals surface area contributed by atoms with E-state index in [0.29, 0.717) is 6.42 Å². The lowest BCUT2D eigenvalue weighted by molar-refractivity contribution is 0.149. The van der Waals surface area contributed by atoms with Crippen LogP contribution < -0.4 is 10.9 Å². The number of hydrogen-bond donors (Lipinski definition) is 2. The second-order valence-corrected chi connectivity index (χ2v) is 3.84. The van der Waals surface area contributed by atoms with E-state index in [1.807, 2.05) is 31.2 Å². The zero-order chi connectivity index (χ0) is 9.97. The number of benzene rings is 1. The summed E-state index contributed by atoms with van der Waals surface area (Å²) >= 11 is 0. The van der Waals surface area contributed by atoms with Gasteiger partial charge in [0.05, 0.1) is 6.04 Å². The van der Waals surface area contributed by atoms with E-state index in [9.17, 15) is 4.39 Å². The Labute approximate surface area is 83.5 Å². The number of nitrogens with one attached hydrogen (secondary N) is 2. The summed E-state index contributed by atoms with van der Waals surface area (Å²) in [5.74, 6) is 0. The predicted molar refractivity (Wildman–Crippen MR) is 55.9 cm³/mol. The van der Waals surface area contributed by atoms with Crippen molar-refractivity contribution >= 4 is 5.69 Å². The van der Waals surface area contributed by atoms with E-state index in [1.54, 1.807) is 0 Å². The lowest BCUT2D eigenvalue weighted by atomic mass is 9.91. The minimum Gasteiger partial charge on any atom is -0.321 e. The largest absolute Gasteiger partial charge is 0.321 e. The van der Waals surface area contributed by atoms with Crippen LogP contribution >= 0.6 is 0 Å². The van der Waals surface area contributed by atoms with Gasteiger partial charge in [-0.2, -0.15) is 0 Å². The van der Waals surface area contributed by atoms with E-state index in [2.05, 4.69) is 10.9 Å². The Morgan fingerprint density at radius 1 is 1.21 bits per heavy atom. The summed E-state index contributed by atoms with van der Waals surface area (Å²) in [5, 5.41) is 0. The van der Waals surface area contributed by atoms with Crippen molar-refractivity contribution in [1.29, 1.82) is 0 Å². The minimum atomic E-state index is -0.687. The molecule has 14 heavy (non-hydrogen) atoms. The summed E-state index contributed by atoms with van der Waals surface area (Å²) in [4.78, 5) is 0. The number of alkyl halides is 1. The molecular formula is C11H15FN2. The summed E-state index contributed by atoms with van der Waals surface area (Å²) in [5.41, 5.74) is 8.20. The molecule has 1 aromatic carbocycles. The van der Waals surface area contributed by atoms with Crippen molar-refractivity contribution in [2.75, 3.05) is 5.43 Å². The van der Waals surface area contributed by atoms with Crippen molar-refractivity contribution in [2.24, 2.45) is 0 Å². The molecule has 76 valence electrons. The molecule has 0 spiro atoms. The lowest BCUT2D eigenvalue weighted by Crippen LogP contribution is -2.47. The first-order valence-electron chi connectivity index (χ1n) is 4.98. The van der Waals surface area contributed by atoms with Crippen LogP contribution in [0, 0.1) is 6.92 Å². The van der Waals surface area contributed by atoms with E-state index < -0.39 is 6.17 Å². The molecule has 1 aliphatic carbocycles. The second kappa shape index (κ2) is 3.96. The third kappa shape index (κ3) is 2.04. The van der Waals surface area contributed by atoms with Gasteiger partial charge in [-0.25, -0.2) is 9.82 Å². The highest BCUT2D eigenvalue weighted by Crippen LogP contribution is 2.23. The van der Waals surface area contributed by atoms with Crippen molar-refractivity contribution in [3.63, 3.8) is 0 Å². The van der Waals surface area contributed by atoms with Gasteiger partial charge in [0.1, 0.15) is 6.17 Å². The van der Waals surface area contributed by atoms with E-state index in [4.69, 9.17) is 0 Å². The Morgan fingerprint density at radius 2 is 1.93 bits per heavy atom. The molecular weight excluding hydrogens is 179 g/mol.